The Hall–Kier alpha value is -2.34. The summed E-state index contributed by atoms with van der Waals surface area (Å²) in [6.07, 6.45) is 3.22. The number of hydrogen-bond donors (Lipinski definition) is 2. The molecule has 4 rings (SSSR count). The summed E-state index contributed by atoms with van der Waals surface area (Å²) in [5.74, 6) is -2.49. The highest BCUT2D eigenvalue weighted by Crippen LogP contribution is 2.29. The van der Waals surface area contributed by atoms with E-state index in [2.05, 4.69) is 20.5 Å². The topological polar surface area (TPSA) is 94.6 Å². The van der Waals surface area contributed by atoms with E-state index in [0.29, 0.717) is 33.5 Å². The summed E-state index contributed by atoms with van der Waals surface area (Å²) in [4.78, 5) is 48.3. The summed E-state index contributed by atoms with van der Waals surface area (Å²) in [6, 6.07) is 2.19. The van der Waals surface area contributed by atoms with Gasteiger partial charge in [-0.3, -0.25) is 14.4 Å². The maximum Gasteiger partial charge on any atom is 0.280 e. The molecule has 0 aromatic carbocycles. The zero-order valence-electron chi connectivity index (χ0n) is 20.3. The van der Waals surface area contributed by atoms with Crippen molar-refractivity contribution in [2.75, 3.05) is 27.7 Å². The van der Waals surface area contributed by atoms with Gasteiger partial charge in [-0.15, -0.1) is 22.7 Å². The van der Waals surface area contributed by atoms with Gasteiger partial charge in [0.05, 0.1) is 16.1 Å². The lowest BCUT2D eigenvalue weighted by atomic mass is 9.81. The molecule has 2 aliphatic rings. The fourth-order valence-electron chi connectivity index (χ4n) is 4.58. The molecule has 0 bridgehead atoms. The third kappa shape index (κ3) is 6.31. The van der Waals surface area contributed by atoms with Gasteiger partial charge in [-0.1, -0.05) is 11.6 Å². The van der Waals surface area contributed by atoms with Gasteiger partial charge in [0, 0.05) is 55.3 Å². The summed E-state index contributed by atoms with van der Waals surface area (Å²) >= 11 is 8.42. The van der Waals surface area contributed by atoms with Gasteiger partial charge in [0.15, 0.2) is 10.8 Å². The fourth-order valence-corrected chi connectivity index (χ4v) is 6.66. The first-order chi connectivity index (χ1) is 17.1. The average Bonchev–Trinajstić information content (AvgIpc) is 3.44. The molecule has 1 aliphatic carbocycles. The molecular formula is C24H29ClFN5O3S2. The van der Waals surface area contributed by atoms with E-state index in [9.17, 15) is 18.8 Å². The number of thiazole rings is 1. The quantitative estimate of drug-likeness (QED) is 0.535. The van der Waals surface area contributed by atoms with Crippen molar-refractivity contribution in [3.05, 3.63) is 42.8 Å². The number of halogens is 2. The molecule has 194 valence electrons. The van der Waals surface area contributed by atoms with E-state index < -0.39 is 23.8 Å². The molecular weight excluding hydrogens is 525 g/mol. The summed E-state index contributed by atoms with van der Waals surface area (Å²) in [5, 5.41) is 6.06. The molecule has 8 nitrogen and oxygen atoms in total. The Morgan fingerprint density at radius 3 is 2.67 bits per heavy atom. The lowest BCUT2D eigenvalue weighted by Crippen LogP contribution is -2.56. The number of rotatable bonds is 6. The second-order valence-electron chi connectivity index (χ2n) is 9.41. The van der Waals surface area contributed by atoms with Gasteiger partial charge >= 0.3 is 0 Å². The number of hydrogen-bond acceptors (Lipinski definition) is 7. The normalized spacial score (nSPS) is 22.6. The number of likely N-dealkylation sites (N-methyl/N-ethyl adjacent to an activating group) is 1. The number of aromatic nitrogens is 1. The average molecular weight is 554 g/mol. The van der Waals surface area contributed by atoms with Crippen molar-refractivity contribution in [2.24, 2.45) is 5.92 Å². The Morgan fingerprint density at radius 2 is 1.97 bits per heavy atom. The number of fused-ring (bicyclic) bond motifs is 1. The molecule has 0 saturated heterocycles. The molecule has 0 spiro atoms. The van der Waals surface area contributed by atoms with E-state index in [1.54, 1.807) is 26.2 Å². The Balaban J connectivity index is 1.49. The van der Waals surface area contributed by atoms with Crippen molar-refractivity contribution in [1.29, 1.82) is 0 Å². The van der Waals surface area contributed by atoms with Crippen LogP contribution in [-0.2, 0) is 22.6 Å². The second kappa shape index (κ2) is 11.4. The first-order valence-electron chi connectivity index (χ1n) is 11.7. The third-order valence-corrected chi connectivity index (χ3v) is 8.73. The summed E-state index contributed by atoms with van der Waals surface area (Å²) in [5.41, 5.74) is 0.943. The molecule has 1 aliphatic heterocycles. The maximum absolute atomic E-state index is 14.6. The van der Waals surface area contributed by atoms with Crippen LogP contribution in [0.3, 0.4) is 0 Å². The van der Waals surface area contributed by atoms with Crippen LogP contribution in [0.5, 0.6) is 0 Å². The third-order valence-electron chi connectivity index (χ3n) is 6.47. The van der Waals surface area contributed by atoms with Crippen molar-refractivity contribution in [2.45, 2.75) is 44.3 Å². The van der Waals surface area contributed by atoms with Crippen molar-refractivity contribution in [1.82, 2.24) is 25.4 Å². The smallest absolute Gasteiger partial charge is 0.280 e. The van der Waals surface area contributed by atoms with Crippen LogP contribution < -0.4 is 10.6 Å². The molecule has 2 aromatic heterocycles. The Morgan fingerprint density at radius 1 is 1.19 bits per heavy atom. The van der Waals surface area contributed by atoms with Crippen LogP contribution in [0.15, 0.2) is 18.0 Å². The van der Waals surface area contributed by atoms with E-state index in [1.165, 1.54) is 16.2 Å². The van der Waals surface area contributed by atoms with Crippen molar-refractivity contribution < 1.29 is 18.8 Å². The highest BCUT2D eigenvalue weighted by atomic mass is 35.5. The standard InChI is InChI=1S/C24H29ClFN5O3S2/c1-30(2)24(34)13-4-6-16(27-21(32)15(26)11-14-5-7-20(25)35-14)18(10-13)28-22(33)23-29-17-8-9-31(3)12-19(17)36-23/h5,7,11,13,16,18H,4,6,8-10,12H2,1-3H3,(H,27,32)(H,28,33)/b15-11-/t13-,16-,18+/m0/s1. The van der Waals surface area contributed by atoms with Crippen LogP contribution in [-0.4, -0.2) is 72.3 Å². The zero-order valence-corrected chi connectivity index (χ0v) is 22.7. The first kappa shape index (κ1) is 26.7. The number of nitrogens with zero attached hydrogens (tertiary/aromatic N) is 3. The molecule has 36 heavy (non-hydrogen) atoms. The van der Waals surface area contributed by atoms with Gasteiger partial charge in [-0.2, -0.15) is 0 Å². The fraction of sp³-hybridized carbons (Fsp3) is 0.500. The molecule has 2 N–H and O–H groups in total. The maximum atomic E-state index is 14.6. The molecule has 3 amide bonds. The Bertz CT molecular complexity index is 1180. The van der Waals surface area contributed by atoms with Gasteiger partial charge in [0.25, 0.3) is 11.8 Å². The predicted molar refractivity (Wildman–Crippen MR) is 140 cm³/mol. The largest absolute Gasteiger partial charge is 0.349 e. The molecule has 3 atom stereocenters. The van der Waals surface area contributed by atoms with Gasteiger partial charge in [0.2, 0.25) is 5.91 Å². The van der Waals surface area contributed by atoms with Crippen LogP contribution in [0.25, 0.3) is 6.08 Å². The van der Waals surface area contributed by atoms with Crippen LogP contribution in [0, 0.1) is 5.92 Å². The van der Waals surface area contributed by atoms with Crippen molar-refractivity contribution in [3.63, 3.8) is 0 Å². The van der Waals surface area contributed by atoms with Crippen LogP contribution in [0.2, 0.25) is 4.34 Å². The van der Waals surface area contributed by atoms with E-state index in [0.717, 1.165) is 47.5 Å². The molecule has 1 saturated carbocycles. The molecule has 0 radical (unpaired) electrons. The molecule has 3 heterocycles. The van der Waals surface area contributed by atoms with E-state index in [-0.39, 0.29) is 17.7 Å². The number of thiophene rings is 1. The zero-order chi connectivity index (χ0) is 26.0. The van der Waals surface area contributed by atoms with E-state index in [1.807, 2.05) is 7.05 Å². The minimum atomic E-state index is -0.943. The lowest BCUT2D eigenvalue weighted by Gasteiger charge is -2.37. The summed E-state index contributed by atoms with van der Waals surface area (Å²) in [6.45, 7) is 1.64. The van der Waals surface area contributed by atoms with Gasteiger partial charge in [-0.25, -0.2) is 9.37 Å². The van der Waals surface area contributed by atoms with Gasteiger partial charge in [-0.05, 0) is 44.5 Å². The number of carbonyl (C=O) groups is 3. The van der Waals surface area contributed by atoms with Crippen LogP contribution >= 0.6 is 34.3 Å². The monoisotopic (exact) mass is 553 g/mol. The SMILES string of the molecule is CN1CCc2nc(C(=O)N[C@@H]3C[C@@H](C(=O)N(C)C)CC[C@@H]3NC(=O)/C(F)=C/c3ccc(Cl)s3)sc2C1. The van der Waals surface area contributed by atoms with Crippen LogP contribution in [0.4, 0.5) is 4.39 Å². The number of nitrogens with one attached hydrogen (secondary N) is 2. The second-order valence-corrected chi connectivity index (χ2v) is 12.2. The summed E-state index contributed by atoms with van der Waals surface area (Å²) < 4.78 is 15.1. The minimum absolute atomic E-state index is 0.0348. The number of carbonyl (C=O) groups excluding carboxylic acids is 3. The van der Waals surface area contributed by atoms with E-state index in [4.69, 9.17) is 11.6 Å². The van der Waals surface area contributed by atoms with E-state index >= 15 is 0 Å². The van der Waals surface area contributed by atoms with Crippen LogP contribution in [0.1, 0.15) is 44.5 Å². The minimum Gasteiger partial charge on any atom is -0.349 e. The molecule has 2 aromatic rings. The first-order valence-corrected chi connectivity index (χ1v) is 13.7. The summed E-state index contributed by atoms with van der Waals surface area (Å²) in [7, 11) is 5.41. The van der Waals surface area contributed by atoms with Crippen molar-refractivity contribution in [3.8, 4) is 0 Å². The molecule has 0 unspecified atom stereocenters. The Kier molecular flexibility index (Phi) is 8.44. The molecule has 12 heteroatoms. The molecule has 1 fully saturated rings. The lowest BCUT2D eigenvalue weighted by molar-refractivity contribution is -0.134. The van der Waals surface area contributed by atoms with Gasteiger partial charge < -0.3 is 20.4 Å². The van der Waals surface area contributed by atoms with Gasteiger partial charge in [0.1, 0.15) is 0 Å². The van der Waals surface area contributed by atoms with Crippen molar-refractivity contribution >= 4 is 58.1 Å². The highest BCUT2D eigenvalue weighted by molar-refractivity contribution is 7.17. The highest BCUT2D eigenvalue weighted by Gasteiger charge is 2.37. The Labute approximate surface area is 222 Å². The predicted octanol–water partition coefficient (Wildman–Crippen LogP) is 3.33. The number of amides is 3.